The van der Waals surface area contributed by atoms with E-state index in [9.17, 15) is 0 Å². The fourth-order valence-electron chi connectivity index (χ4n) is 2.81. The SMILES string of the molecule is CC(C)NCc1cccc(CN2CCN(C)CC2C)c1. The lowest BCUT2D eigenvalue weighted by atomic mass is 10.1. The number of hydrogen-bond acceptors (Lipinski definition) is 3. The molecular formula is C17H29N3. The molecule has 1 unspecified atom stereocenters. The lowest BCUT2D eigenvalue weighted by Crippen LogP contribution is -2.49. The lowest BCUT2D eigenvalue weighted by molar-refractivity contribution is 0.0938. The summed E-state index contributed by atoms with van der Waals surface area (Å²) in [6.07, 6.45) is 0. The second kappa shape index (κ2) is 7.21. The van der Waals surface area contributed by atoms with Gasteiger partial charge in [0, 0.05) is 44.8 Å². The summed E-state index contributed by atoms with van der Waals surface area (Å²) in [6.45, 7) is 12.3. The fourth-order valence-corrected chi connectivity index (χ4v) is 2.81. The van der Waals surface area contributed by atoms with E-state index in [1.807, 2.05) is 0 Å². The van der Waals surface area contributed by atoms with E-state index in [0.717, 1.165) is 13.1 Å². The predicted molar refractivity (Wildman–Crippen MR) is 85.8 cm³/mol. The maximum absolute atomic E-state index is 3.49. The quantitative estimate of drug-likeness (QED) is 0.890. The van der Waals surface area contributed by atoms with E-state index in [1.165, 1.54) is 30.8 Å². The first kappa shape index (κ1) is 15.5. The van der Waals surface area contributed by atoms with E-state index < -0.39 is 0 Å². The lowest BCUT2D eigenvalue weighted by Gasteiger charge is -2.38. The molecule has 0 radical (unpaired) electrons. The van der Waals surface area contributed by atoms with Crippen molar-refractivity contribution in [3.8, 4) is 0 Å². The minimum atomic E-state index is 0.538. The van der Waals surface area contributed by atoms with Crippen molar-refractivity contribution in [2.24, 2.45) is 0 Å². The summed E-state index contributed by atoms with van der Waals surface area (Å²) in [6, 6.07) is 10.2. The Morgan fingerprint density at radius 3 is 2.70 bits per heavy atom. The van der Waals surface area contributed by atoms with E-state index in [0.29, 0.717) is 12.1 Å². The van der Waals surface area contributed by atoms with Crippen LogP contribution in [0.4, 0.5) is 0 Å². The van der Waals surface area contributed by atoms with Gasteiger partial charge in [0.15, 0.2) is 0 Å². The van der Waals surface area contributed by atoms with Crippen molar-refractivity contribution >= 4 is 0 Å². The molecule has 0 bridgehead atoms. The Morgan fingerprint density at radius 2 is 2.00 bits per heavy atom. The minimum absolute atomic E-state index is 0.538. The molecule has 0 spiro atoms. The molecule has 1 atom stereocenters. The zero-order chi connectivity index (χ0) is 14.5. The number of rotatable bonds is 5. The van der Waals surface area contributed by atoms with Crippen LogP contribution in [0.15, 0.2) is 24.3 Å². The number of nitrogens with one attached hydrogen (secondary N) is 1. The Hall–Kier alpha value is -0.900. The van der Waals surface area contributed by atoms with E-state index >= 15 is 0 Å². The van der Waals surface area contributed by atoms with E-state index in [-0.39, 0.29) is 0 Å². The van der Waals surface area contributed by atoms with Crippen LogP contribution < -0.4 is 5.32 Å². The zero-order valence-corrected chi connectivity index (χ0v) is 13.4. The summed E-state index contributed by atoms with van der Waals surface area (Å²) < 4.78 is 0. The van der Waals surface area contributed by atoms with Gasteiger partial charge in [-0.1, -0.05) is 38.1 Å². The highest BCUT2D eigenvalue weighted by Gasteiger charge is 2.21. The van der Waals surface area contributed by atoms with Crippen molar-refractivity contribution in [2.75, 3.05) is 26.7 Å². The highest BCUT2D eigenvalue weighted by Crippen LogP contribution is 2.14. The van der Waals surface area contributed by atoms with Gasteiger partial charge in [0.05, 0.1) is 0 Å². The van der Waals surface area contributed by atoms with E-state index in [2.05, 4.69) is 67.2 Å². The molecule has 112 valence electrons. The summed E-state index contributed by atoms with van der Waals surface area (Å²) in [4.78, 5) is 5.01. The molecule has 2 rings (SSSR count). The molecule has 3 heteroatoms. The summed E-state index contributed by atoms with van der Waals surface area (Å²) >= 11 is 0. The van der Waals surface area contributed by atoms with Gasteiger partial charge in [0.25, 0.3) is 0 Å². The van der Waals surface area contributed by atoms with Gasteiger partial charge in [0.2, 0.25) is 0 Å². The number of nitrogens with zero attached hydrogens (tertiary/aromatic N) is 2. The van der Waals surface area contributed by atoms with E-state index in [1.54, 1.807) is 0 Å². The third-order valence-corrected chi connectivity index (χ3v) is 4.06. The standard InChI is InChI=1S/C17H29N3/c1-14(2)18-11-16-6-5-7-17(10-16)13-20-9-8-19(4)12-15(20)3/h5-7,10,14-15,18H,8-9,11-13H2,1-4H3. The molecule has 0 aromatic heterocycles. The van der Waals surface area contributed by atoms with Crippen LogP contribution in [-0.4, -0.2) is 48.6 Å². The van der Waals surface area contributed by atoms with Crippen LogP contribution in [0.3, 0.4) is 0 Å². The van der Waals surface area contributed by atoms with Crippen molar-refractivity contribution in [3.05, 3.63) is 35.4 Å². The maximum Gasteiger partial charge on any atom is 0.0237 e. The first-order valence-electron chi connectivity index (χ1n) is 7.78. The first-order chi connectivity index (χ1) is 9.54. The average Bonchev–Trinajstić information content (AvgIpc) is 2.40. The highest BCUT2D eigenvalue weighted by molar-refractivity contribution is 5.23. The Kier molecular flexibility index (Phi) is 5.58. The topological polar surface area (TPSA) is 18.5 Å². The smallest absolute Gasteiger partial charge is 0.0237 e. The van der Waals surface area contributed by atoms with Crippen LogP contribution in [-0.2, 0) is 13.1 Å². The molecule has 1 aromatic carbocycles. The highest BCUT2D eigenvalue weighted by atomic mass is 15.3. The van der Waals surface area contributed by atoms with Crippen molar-refractivity contribution in [2.45, 2.75) is 45.9 Å². The molecule has 1 saturated heterocycles. The number of hydrogen-bond donors (Lipinski definition) is 1. The van der Waals surface area contributed by atoms with Gasteiger partial charge in [-0.25, -0.2) is 0 Å². The first-order valence-corrected chi connectivity index (χ1v) is 7.78. The van der Waals surface area contributed by atoms with Crippen LogP contribution in [0.25, 0.3) is 0 Å². The molecule has 1 fully saturated rings. The predicted octanol–water partition coefficient (Wildman–Crippen LogP) is 2.32. The van der Waals surface area contributed by atoms with Gasteiger partial charge >= 0.3 is 0 Å². The summed E-state index contributed by atoms with van der Waals surface area (Å²) in [7, 11) is 2.21. The molecule has 1 aliphatic rings. The van der Waals surface area contributed by atoms with Crippen molar-refractivity contribution < 1.29 is 0 Å². The van der Waals surface area contributed by atoms with Gasteiger partial charge < -0.3 is 10.2 Å². The van der Waals surface area contributed by atoms with Gasteiger partial charge in [-0.2, -0.15) is 0 Å². The van der Waals surface area contributed by atoms with Crippen LogP contribution in [0.1, 0.15) is 31.9 Å². The van der Waals surface area contributed by atoms with Gasteiger partial charge in [-0.15, -0.1) is 0 Å². The van der Waals surface area contributed by atoms with Crippen molar-refractivity contribution in [1.82, 2.24) is 15.1 Å². The molecule has 20 heavy (non-hydrogen) atoms. The summed E-state index contributed by atoms with van der Waals surface area (Å²) in [5.74, 6) is 0. The van der Waals surface area contributed by atoms with Crippen molar-refractivity contribution in [3.63, 3.8) is 0 Å². The molecule has 0 amide bonds. The number of benzene rings is 1. The molecule has 1 aromatic rings. The largest absolute Gasteiger partial charge is 0.310 e. The second-order valence-corrected chi connectivity index (χ2v) is 6.44. The third-order valence-electron chi connectivity index (χ3n) is 4.06. The average molecular weight is 275 g/mol. The van der Waals surface area contributed by atoms with Crippen LogP contribution >= 0.6 is 0 Å². The summed E-state index contributed by atoms with van der Waals surface area (Å²) in [5, 5.41) is 3.49. The Bertz CT molecular complexity index is 416. The maximum atomic E-state index is 3.49. The molecule has 1 heterocycles. The second-order valence-electron chi connectivity index (χ2n) is 6.44. The Labute approximate surface area is 124 Å². The number of piperazine rings is 1. The molecule has 0 aliphatic carbocycles. The Morgan fingerprint density at radius 1 is 1.25 bits per heavy atom. The number of likely N-dealkylation sites (N-methyl/N-ethyl adjacent to an activating group) is 1. The van der Waals surface area contributed by atoms with Crippen LogP contribution in [0.5, 0.6) is 0 Å². The van der Waals surface area contributed by atoms with Gasteiger partial charge in [0.1, 0.15) is 0 Å². The van der Waals surface area contributed by atoms with Gasteiger partial charge in [-0.05, 0) is 25.1 Å². The molecule has 1 aliphatic heterocycles. The van der Waals surface area contributed by atoms with Crippen LogP contribution in [0.2, 0.25) is 0 Å². The minimum Gasteiger partial charge on any atom is -0.310 e. The van der Waals surface area contributed by atoms with E-state index in [4.69, 9.17) is 0 Å². The zero-order valence-electron chi connectivity index (χ0n) is 13.4. The fraction of sp³-hybridized carbons (Fsp3) is 0.647. The normalized spacial score (nSPS) is 21.6. The molecule has 3 nitrogen and oxygen atoms in total. The Balaban J connectivity index is 1.93. The summed E-state index contributed by atoms with van der Waals surface area (Å²) in [5.41, 5.74) is 2.82. The third kappa shape index (κ3) is 4.58. The van der Waals surface area contributed by atoms with Crippen molar-refractivity contribution in [1.29, 1.82) is 0 Å². The molecular weight excluding hydrogens is 246 g/mol. The molecule has 1 N–H and O–H groups in total. The monoisotopic (exact) mass is 275 g/mol. The van der Waals surface area contributed by atoms with Gasteiger partial charge in [-0.3, -0.25) is 4.90 Å². The van der Waals surface area contributed by atoms with Crippen LogP contribution in [0, 0.1) is 0 Å². The molecule has 0 saturated carbocycles.